The van der Waals surface area contributed by atoms with Crippen LogP contribution < -0.4 is 21.1 Å². The Labute approximate surface area is 153 Å². The molecule has 2 unspecified atom stereocenters. The predicted octanol–water partition coefficient (Wildman–Crippen LogP) is -0.567. The van der Waals surface area contributed by atoms with Crippen LogP contribution in [-0.2, 0) is 24.3 Å². The lowest BCUT2D eigenvalue weighted by atomic mass is 10.2. The maximum absolute atomic E-state index is 12.1. The highest BCUT2D eigenvalue weighted by Crippen LogP contribution is 2.15. The van der Waals surface area contributed by atoms with E-state index in [1.807, 2.05) is 0 Å². The Bertz CT molecular complexity index is 698. The van der Waals surface area contributed by atoms with Crippen LogP contribution in [0.15, 0.2) is 29.2 Å². The number of methoxy groups -OCH3 is 1. The first-order valence-corrected chi connectivity index (χ1v) is 8.59. The molecule has 0 bridgehead atoms. The topological polar surface area (TPSA) is 140 Å². The van der Waals surface area contributed by atoms with Crippen LogP contribution in [-0.4, -0.2) is 53.1 Å². The lowest BCUT2D eigenvalue weighted by Crippen LogP contribution is -2.50. The van der Waals surface area contributed by atoms with Gasteiger partial charge in [-0.05, 0) is 32.2 Å². The van der Waals surface area contributed by atoms with E-state index in [2.05, 4.69) is 15.4 Å². The lowest BCUT2D eigenvalue weighted by Gasteiger charge is -2.17. The highest BCUT2D eigenvalue weighted by Gasteiger charge is 2.20. The van der Waals surface area contributed by atoms with E-state index >= 15 is 0 Å². The van der Waals surface area contributed by atoms with E-state index in [1.165, 1.54) is 45.3 Å². The summed E-state index contributed by atoms with van der Waals surface area (Å²) in [5.74, 6) is -1.03. The number of rotatable bonds is 8. The summed E-state index contributed by atoms with van der Waals surface area (Å²) in [6, 6.07) is 4.01. The van der Waals surface area contributed by atoms with Gasteiger partial charge in [0.1, 0.15) is 12.1 Å². The SMILES string of the molecule is CNS(=O)(=O)c1cccc(NC(=O)C(C)NC(=O)C(N)COC)c1.Cl. The number of carbonyl (C=O) groups is 2. The fourth-order valence-electron chi connectivity index (χ4n) is 1.75. The molecule has 0 saturated carbocycles. The smallest absolute Gasteiger partial charge is 0.246 e. The van der Waals surface area contributed by atoms with Crippen molar-refractivity contribution in [2.75, 3.05) is 26.1 Å². The summed E-state index contributed by atoms with van der Waals surface area (Å²) < 4.78 is 30.5. The molecule has 0 fully saturated rings. The number of hydrogen-bond donors (Lipinski definition) is 4. The van der Waals surface area contributed by atoms with Gasteiger partial charge >= 0.3 is 0 Å². The monoisotopic (exact) mass is 394 g/mol. The summed E-state index contributed by atoms with van der Waals surface area (Å²) >= 11 is 0. The first-order valence-electron chi connectivity index (χ1n) is 7.10. The van der Waals surface area contributed by atoms with Gasteiger partial charge in [0.2, 0.25) is 21.8 Å². The Morgan fingerprint density at radius 1 is 1.28 bits per heavy atom. The second-order valence-electron chi connectivity index (χ2n) is 5.02. The van der Waals surface area contributed by atoms with Crippen LogP contribution in [0, 0.1) is 0 Å². The summed E-state index contributed by atoms with van der Waals surface area (Å²) in [4.78, 5) is 23.9. The van der Waals surface area contributed by atoms with Crippen LogP contribution in [0.3, 0.4) is 0 Å². The van der Waals surface area contributed by atoms with Gasteiger partial charge in [-0.2, -0.15) is 0 Å². The summed E-state index contributed by atoms with van der Waals surface area (Å²) in [6.07, 6.45) is 0. The molecule has 1 rings (SSSR count). The third-order valence-electron chi connectivity index (χ3n) is 3.12. The minimum atomic E-state index is -3.61. The summed E-state index contributed by atoms with van der Waals surface area (Å²) in [5, 5.41) is 4.99. The molecule has 0 aliphatic carbocycles. The number of halogens is 1. The molecule has 0 aliphatic rings. The number of sulfonamides is 1. The molecule has 1 aromatic carbocycles. The number of nitrogens with two attached hydrogens (primary N) is 1. The van der Waals surface area contributed by atoms with Crippen LogP contribution in [0.5, 0.6) is 0 Å². The number of benzene rings is 1. The number of hydrogen-bond acceptors (Lipinski definition) is 6. The van der Waals surface area contributed by atoms with E-state index in [0.29, 0.717) is 5.69 Å². The van der Waals surface area contributed by atoms with Crippen molar-refractivity contribution in [3.05, 3.63) is 24.3 Å². The van der Waals surface area contributed by atoms with Gasteiger partial charge in [-0.25, -0.2) is 13.1 Å². The Hall–Kier alpha value is -1.72. The zero-order valence-electron chi connectivity index (χ0n) is 14.1. The van der Waals surface area contributed by atoms with Gasteiger partial charge in [0.05, 0.1) is 11.5 Å². The minimum Gasteiger partial charge on any atom is -0.383 e. The van der Waals surface area contributed by atoms with Crippen LogP contribution in [0.4, 0.5) is 5.69 Å². The second kappa shape index (κ2) is 10.3. The molecule has 0 aliphatic heterocycles. The lowest BCUT2D eigenvalue weighted by molar-refractivity contribution is -0.127. The third kappa shape index (κ3) is 6.96. The van der Waals surface area contributed by atoms with Gasteiger partial charge in [-0.3, -0.25) is 9.59 Å². The van der Waals surface area contributed by atoms with E-state index in [0.717, 1.165) is 0 Å². The summed E-state index contributed by atoms with van der Waals surface area (Å²) in [7, 11) is -0.909. The van der Waals surface area contributed by atoms with Crippen molar-refractivity contribution in [2.45, 2.75) is 23.9 Å². The van der Waals surface area contributed by atoms with E-state index < -0.39 is 33.9 Å². The molecule has 2 atom stereocenters. The number of carbonyl (C=O) groups excluding carboxylic acids is 2. The van der Waals surface area contributed by atoms with Crippen LogP contribution >= 0.6 is 12.4 Å². The molecule has 9 nitrogen and oxygen atoms in total. The van der Waals surface area contributed by atoms with Gasteiger partial charge in [-0.1, -0.05) is 6.07 Å². The Morgan fingerprint density at radius 3 is 2.48 bits per heavy atom. The van der Waals surface area contributed by atoms with Crippen molar-refractivity contribution in [1.29, 1.82) is 0 Å². The van der Waals surface area contributed by atoms with Crippen LogP contribution in [0.25, 0.3) is 0 Å². The van der Waals surface area contributed by atoms with Crippen molar-refractivity contribution in [3.8, 4) is 0 Å². The van der Waals surface area contributed by atoms with Crippen molar-refractivity contribution < 1.29 is 22.7 Å². The van der Waals surface area contributed by atoms with Gasteiger partial charge in [-0.15, -0.1) is 12.4 Å². The van der Waals surface area contributed by atoms with E-state index in [4.69, 9.17) is 10.5 Å². The first kappa shape index (κ1) is 23.3. The molecule has 0 aromatic heterocycles. The van der Waals surface area contributed by atoms with Crippen molar-refractivity contribution in [3.63, 3.8) is 0 Å². The summed E-state index contributed by atoms with van der Waals surface area (Å²) in [6.45, 7) is 1.52. The maximum atomic E-state index is 12.1. The molecule has 2 amide bonds. The van der Waals surface area contributed by atoms with Crippen LogP contribution in [0.2, 0.25) is 0 Å². The predicted molar refractivity (Wildman–Crippen MR) is 96.0 cm³/mol. The van der Waals surface area contributed by atoms with Crippen molar-refractivity contribution in [1.82, 2.24) is 10.0 Å². The highest BCUT2D eigenvalue weighted by molar-refractivity contribution is 7.89. The molecular formula is C14H23ClN4O5S. The molecule has 25 heavy (non-hydrogen) atoms. The van der Waals surface area contributed by atoms with Crippen molar-refractivity contribution in [2.24, 2.45) is 5.73 Å². The number of anilines is 1. The maximum Gasteiger partial charge on any atom is 0.246 e. The number of nitrogens with one attached hydrogen (secondary N) is 3. The summed E-state index contributed by atoms with van der Waals surface area (Å²) in [5.41, 5.74) is 5.86. The highest BCUT2D eigenvalue weighted by atomic mass is 35.5. The Balaban J connectivity index is 0.00000576. The molecule has 142 valence electrons. The van der Waals surface area contributed by atoms with Gasteiger partial charge in [0.25, 0.3) is 0 Å². The molecular weight excluding hydrogens is 372 g/mol. The minimum absolute atomic E-state index is 0. The second-order valence-corrected chi connectivity index (χ2v) is 6.90. The molecule has 11 heteroatoms. The van der Waals surface area contributed by atoms with E-state index in [-0.39, 0.29) is 23.9 Å². The Morgan fingerprint density at radius 2 is 1.92 bits per heavy atom. The Kier molecular flexibility index (Phi) is 9.60. The van der Waals surface area contributed by atoms with Gasteiger partial charge < -0.3 is 21.1 Å². The fourth-order valence-corrected chi connectivity index (χ4v) is 2.53. The quantitative estimate of drug-likeness (QED) is 0.465. The molecule has 1 aromatic rings. The van der Waals surface area contributed by atoms with E-state index in [1.54, 1.807) is 0 Å². The number of amides is 2. The average molecular weight is 395 g/mol. The molecule has 0 spiro atoms. The van der Waals surface area contributed by atoms with E-state index in [9.17, 15) is 18.0 Å². The third-order valence-corrected chi connectivity index (χ3v) is 4.53. The number of ether oxygens (including phenoxy) is 1. The zero-order valence-corrected chi connectivity index (χ0v) is 15.7. The van der Waals surface area contributed by atoms with Crippen LogP contribution in [0.1, 0.15) is 6.92 Å². The fraction of sp³-hybridized carbons (Fsp3) is 0.429. The molecule has 0 heterocycles. The standard InChI is InChI=1S/C14H22N4O5S.ClH/c1-9(17-14(20)12(15)8-23-3)13(19)18-10-5-4-6-11(7-10)24(21,22)16-2;/h4-7,9,12,16H,8,15H2,1-3H3,(H,17,20)(H,18,19);1H. The molecule has 0 saturated heterocycles. The average Bonchev–Trinajstić information content (AvgIpc) is 2.55. The van der Waals surface area contributed by atoms with Gasteiger partial charge in [0.15, 0.2) is 0 Å². The molecule has 0 radical (unpaired) electrons. The normalized spacial score (nSPS) is 13.3. The van der Waals surface area contributed by atoms with Crippen molar-refractivity contribution >= 4 is 39.9 Å². The molecule has 5 N–H and O–H groups in total. The van der Waals surface area contributed by atoms with Gasteiger partial charge in [0, 0.05) is 12.8 Å². The zero-order chi connectivity index (χ0) is 18.3. The largest absolute Gasteiger partial charge is 0.383 e. The first-order chi connectivity index (χ1) is 11.2.